The van der Waals surface area contributed by atoms with Crippen molar-refractivity contribution < 1.29 is 41.8 Å². The van der Waals surface area contributed by atoms with Crippen molar-refractivity contribution in [2.24, 2.45) is 0 Å². The van der Waals surface area contributed by atoms with Crippen molar-refractivity contribution in [1.82, 2.24) is 9.88 Å². The largest absolute Gasteiger partial charge is 0.464 e. The minimum absolute atomic E-state index is 0.0571. The van der Waals surface area contributed by atoms with Crippen molar-refractivity contribution in [1.29, 1.82) is 0 Å². The lowest BCUT2D eigenvalue weighted by molar-refractivity contribution is -0.757. The maximum atomic E-state index is 13.9. The fraction of sp³-hybridized carbons (Fsp3) is 0.250. The van der Waals surface area contributed by atoms with E-state index in [-0.39, 0.29) is 37.6 Å². The Morgan fingerprint density at radius 3 is 2.24 bits per heavy atom. The number of ether oxygens (including phenoxy) is 2. The summed E-state index contributed by atoms with van der Waals surface area (Å²) in [5.74, 6) is -1.27. The number of nitrogens with one attached hydrogen (secondary N) is 1. The molecule has 0 radical (unpaired) electrons. The van der Waals surface area contributed by atoms with Crippen LogP contribution in [0, 0.1) is 22.9 Å². The highest BCUT2D eigenvalue weighted by Crippen LogP contribution is 2.34. The first-order chi connectivity index (χ1) is 21.9. The van der Waals surface area contributed by atoms with Gasteiger partial charge in [-0.05, 0) is 73.4 Å². The standard InChI is InChI=1S/C32H32FN3O9S/c1-22-28(20-29(35(22)26-14-12-25(33)13-15-26)24-10-16-27(17-11-24)46(2,41)42)30(31(37)43-18-6-7-19-45-36(39)40)34-32(38)44-21-23-8-4-3-5-9-23/h3-5,8-17,20,30H,6-7,18-19,21H2,1-2H3,(H,34,38). The Labute approximate surface area is 264 Å². The van der Waals surface area contributed by atoms with E-state index in [4.69, 9.17) is 9.47 Å². The van der Waals surface area contributed by atoms with E-state index in [0.717, 1.165) is 11.8 Å². The van der Waals surface area contributed by atoms with Crippen LogP contribution in [0.1, 0.15) is 35.7 Å². The number of halogens is 1. The van der Waals surface area contributed by atoms with Gasteiger partial charge in [0.15, 0.2) is 15.9 Å². The Balaban J connectivity index is 1.69. The second kappa shape index (κ2) is 15.2. The topological polar surface area (TPSA) is 156 Å². The molecule has 1 unspecified atom stereocenters. The molecule has 0 saturated heterocycles. The van der Waals surface area contributed by atoms with Gasteiger partial charge >= 0.3 is 12.1 Å². The van der Waals surface area contributed by atoms with Crippen LogP contribution in [0.15, 0.2) is 89.8 Å². The summed E-state index contributed by atoms with van der Waals surface area (Å²) in [6.45, 7) is 1.38. The maximum absolute atomic E-state index is 13.9. The molecule has 1 atom stereocenters. The zero-order valence-electron chi connectivity index (χ0n) is 25.1. The lowest BCUT2D eigenvalue weighted by Crippen LogP contribution is -2.35. The minimum Gasteiger partial charge on any atom is -0.464 e. The average Bonchev–Trinajstić information content (AvgIpc) is 3.37. The summed E-state index contributed by atoms with van der Waals surface area (Å²) in [5.41, 5.74) is 3.21. The molecule has 1 heterocycles. The van der Waals surface area contributed by atoms with Crippen LogP contribution in [0.2, 0.25) is 0 Å². The predicted molar refractivity (Wildman–Crippen MR) is 165 cm³/mol. The van der Waals surface area contributed by atoms with Crippen LogP contribution in [0.5, 0.6) is 0 Å². The molecule has 12 nitrogen and oxygen atoms in total. The molecule has 0 fully saturated rings. The van der Waals surface area contributed by atoms with Gasteiger partial charge in [-0.25, -0.2) is 22.4 Å². The Hall–Kier alpha value is -5.24. The fourth-order valence-electron chi connectivity index (χ4n) is 4.67. The molecule has 0 aliphatic heterocycles. The van der Waals surface area contributed by atoms with Crippen molar-refractivity contribution in [2.45, 2.75) is 37.3 Å². The summed E-state index contributed by atoms with van der Waals surface area (Å²) in [4.78, 5) is 41.2. The van der Waals surface area contributed by atoms with Gasteiger partial charge in [0.1, 0.15) is 12.4 Å². The van der Waals surface area contributed by atoms with Crippen molar-refractivity contribution in [3.8, 4) is 16.9 Å². The third kappa shape index (κ3) is 8.91. The number of hydrogen-bond donors (Lipinski definition) is 1. The molecule has 3 aromatic carbocycles. The van der Waals surface area contributed by atoms with Crippen LogP contribution >= 0.6 is 0 Å². The number of carbonyl (C=O) groups is 2. The lowest BCUT2D eigenvalue weighted by Gasteiger charge is -2.19. The van der Waals surface area contributed by atoms with Crippen LogP contribution in [0.3, 0.4) is 0 Å². The fourth-order valence-corrected chi connectivity index (χ4v) is 5.30. The van der Waals surface area contributed by atoms with E-state index < -0.39 is 38.8 Å². The van der Waals surface area contributed by atoms with Crippen LogP contribution in [-0.2, 0) is 35.5 Å². The first-order valence-electron chi connectivity index (χ1n) is 14.1. The summed E-state index contributed by atoms with van der Waals surface area (Å²) < 4.78 is 50.6. The van der Waals surface area contributed by atoms with Crippen LogP contribution < -0.4 is 5.32 Å². The number of esters is 1. The number of benzene rings is 3. The Bertz CT molecular complexity index is 1780. The van der Waals surface area contributed by atoms with Crippen molar-refractivity contribution in [3.63, 3.8) is 0 Å². The number of nitrogens with zero attached hydrogens (tertiary/aromatic N) is 2. The van der Waals surface area contributed by atoms with Gasteiger partial charge in [0, 0.05) is 23.2 Å². The van der Waals surface area contributed by atoms with E-state index in [1.54, 1.807) is 66.1 Å². The first-order valence-corrected chi connectivity index (χ1v) is 16.0. The molecule has 4 rings (SSSR count). The van der Waals surface area contributed by atoms with Gasteiger partial charge in [-0.3, -0.25) is 0 Å². The van der Waals surface area contributed by atoms with Crippen molar-refractivity contribution >= 4 is 21.9 Å². The smallest absolute Gasteiger partial charge is 0.408 e. The Morgan fingerprint density at radius 2 is 1.61 bits per heavy atom. The molecule has 4 aromatic rings. The van der Waals surface area contributed by atoms with E-state index in [0.29, 0.717) is 28.2 Å². The first kappa shape index (κ1) is 33.6. The molecule has 0 aliphatic rings. The van der Waals surface area contributed by atoms with E-state index >= 15 is 0 Å². The van der Waals surface area contributed by atoms with Gasteiger partial charge in [-0.2, -0.15) is 0 Å². The Kier molecular flexibility index (Phi) is 11.1. The van der Waals surface area contributed by atoms with Gasteiger partial charge in [0.2, 0.25) is 0 Å². The van der Waals surface area contributed by atoms with Gasteiger partial charge in [0.05, 0.1) is 23.8 Å². The molecular formula is C32H32FN3O9S. The number of rotatable bonds is 14. The molecule has 1 amide bonds. The van der Waals surface area contributed by atoms with E-state index in [2.05, 4.69) is 10.2 Å². The third-order valence-electron chi connectivity index (χ3n) is 6.95. The number of unbranched alkanes of at least 4 members (excludes halogenated alkanes) is 1. The summed E-state index contributed by atoms with van der Waals surface area (Å²) >= 11 is 0. The molecular weight excluding hydrogens is 621 g/mol. The molecule has 14 heteroatoms. The number of sulfone groups is 1. The molecule has 46 heavy (non-hydrogen) atoms. The van der Waals surface area contributed by atoms with E-state index in [1.165, 1.54) is 24.3 Å². The quantitative estimate of drug-likeness (QED) is 0.0804. The van der Waals surface area contributed by atoms with Crippen molar-refractivity contribution in [2.75, 3.05) is 19.5 Å². The minimum atomic E-state index is -3.47. The Morgan fingerprint density at radius 1 is 0.957 bits per heavy atom. The number of carbonyl (C=O) groups excluding carboxylic acids is 2. The summed E-state index contributed by atoms with van der Waals surface area (Å²) in [6, 6.07) is 21.0. The molecule has 0 spiro atoms. The number of alkyl carbamates (subject to hydrolysis) is 1. The molecule has 242 valence electrons. The SMILES string of the molecule is Cc1c(C(NC(=O)OCc2ccccc2)C(=O)OCCCCO[N+](=O)[O-])cc(-c2ccc(S(C)(=O)=O)cc2)n1-c1ccc(F)cc1. The van der Waals surface area contributed by atoms with Gasteiger partial charge < -0.3 is 24.2 Å². The van der Waals surface area contributed by atoms with E-state index in [9.17, 15) is 32.5 Å². The van der Waals surface area contributed by atoms with Gasteiger partial charge in [0.25, 0.3) is 5.09 Å². The third-order valence-corrected chi connectivity index (χ3v) is 8.08. The van der Waals surface area contributed by atoms with Gasteiger partial charge in [-0.1, -0.05) is 42.5 Å². The van der Waals surface area contributed by atoms with Crippen LogP contribution in [-0.4, -0.2) is 49.6 Å². The highest BCUT2D eigenvalue weighted by molar-refractivity contribution is 7.90. The normalized spacial score (nSPS) is 11.8. The monoisotopic (exact) mass is 653 g/mol. The number of hydrogen-bond acceptors (Lipinski definition) is 9. The number of aromatic nitrogens is 1. The second-order valence-corrected chi connectivity index (χ2v) is 12.3. The maximum Gasteiger partial charge on any atom is 0.408 e. The van der Waals surface area contributed by atoms with Crippen LogP contribution in [0.4, 0.5) is 9.18 Å². The second-order valence-electron chi connectivity index (χ2n) is 10.2. The van der Waals surface area contributed by atoms with Gasteiger partial charge in [-0.15, -0.1) is 10.1 Å². The summed E-state index contributed by atoms with van der Waals surface area (Å²) in [6.07, 6.45) is 0.717. The summed E-state index contributed by atoms with van der Waals surface area (Å²) in [7, 11) is -3.47. The molecule has 0 aliphatic carbocycles. The van der Waals surface area contributed by atoms with E-state index in [1.807, 2.05) is 6.07 Å². The zero-order valence-corrected chi connectivity index (χ0v) is 25.9. The highest BCUT2D eigenvalue weighted by atomic mass is 32.2. The predicted octanol–water partition coefficient (Wildman–Crippen LogP) is 5.49. The lowest BCUT2D eigenvalue weighted by atomic mass is 10.1. The molecule has 1 N–H and O–H groups in total. The van der Waals surface area contributed by atoms with Crippen molar-refractivity contribution in [3.05, 3.63) is 118 Å². The molecule has 0 bridgehead atoms. The average molecular weight is 654 g/mol. The zero-order chi connectivity index (χ0) is 33.3. The van der Waals surface area contributed by atoms with Crippen LogP contribution in [0.25, 0.3) is 16.9 Å². The summed E-state index contributed by atoms with van der Waals surface area (Å²) in [5, 5.41) is 12.1. The molecule has 0 saturated carbocycles. The molecule has 1 aromatic heterocycles. The number of amides is 1. The highest BCUT2D eigenvalue weighted by Gasteiger charge is 2.30.